The molecule has 0 atom stereocenters. The molecule has 4 amide bonds. The quantitative estimate of drug-likeness (QED) is 0.212. The predicted molar refractivity (Wildman–Crippen MR) is 134 cm³/mol. The Labute approximate surface area is 208 Å². The molecule has 0 aromatic carbocycles. The van der Waals surface area contributed by atoms with Gasteiger partial charge in [-0.2, -0.15) is 0 Å². The molecule has 2 saturated heterocycles. The number of hydrogen-bond donors (Lipinski definition) is 2. The lowest BCUT2D eigenvalue weighted by molar-refractivity contribution is -0.124. The summed E-state index contributed by atoms with van der Waals surface area (Å²) in [5.41, 5.74) is -0.495. The number of carbonyl (C=O) groups excluding carboxylic acids is 3. The fourth-order valence-corrected chi connectivity index (χ4v) is 3.66. The molecule has 2 aliphatic heterocycles. The molecule has 2 N–H and O–H groups in total. The van der Waals surface area contributed by atoms with Crippen LogP contribution in [0.15, 0.2) is 4.99 Å². The molecule has 0 saturated carbocycles. The van der Waals surface area contributed by atoms with Gasteiger partial charge in [-0.1, -0.05) is 0 Å². The van der Waals surface area contributed by atoms with E-state index in [-0.39, 0.29) is 55.1 Å². The van der Waals surface area contributed by atoms with Crippen molar-refractivity contribution in [1.29, 1.82) is 0 Å². The van der Waals surface area contributed by atoms with E-state index in [1.807, 2.05) is 34.6 Å². The van der Waals surface area contributed by atoms with E-state index in [0.29, 0.717) is 25.6 Å². The van der Waals surface area contributed by atoms with Gasteiger partial charge in [0.25, 0.3) is 0 Å². The highest BCUT2D eigenvalue weighted by molar-refractivity contribution is 14.0. The topological polar surface area (TPSA) is 107 Å². The molecule has 2 fully saturated rings. The first-order valence-electron chi connectivity index (χ1n) is 11.2. The van der Waals surface area contributed by atoms with Gasteiger partial charge in [-0.05, 0) is 53.4 Å². The molecule has 0 radical (unpaired) electrons. The molecular weight excluding hydrogens is 527 g/mol. The van der Waals surface area contributed by atoms with Crippen molar-refractivity contribution >= 4 is 48.0 Å². The van der Waals surface area contributed by atoms with Crippen LogP contribution in [0.2, 0.25) is 0 Å². The highest BCUT2D eigenvalue weighted by Gasteiger charge is 2.29. The van der Waals surface area contributed by atoms with Crippen LogP contribution in [0.4, 0.5) is 9.59 Å². The van der Waals surface area contributed by atoms with Gasteiger partial charge >= 0.3 is 12.1 Å². The molecule has 0 spiro atoms. The van der Waals surface area contributed by atoms with Gasteiger partial charge in [-0.25, -0.2) is 9.59 Å². The van der Waals surface area contributed by atoms with E-state index in [1.165, 1.54) is 4.90 Å². The maximum absolute atomic E-state index is 12.4. The maximum Gasteiger partial charge on any atom is 0.410 e. The Morgan fingerprint density at radius 1 is 1.25 bits per heavy atom. The number of nitrogens with one attached hydrogen (secondary N) is 2. The third-order valence-electron chi connectivity index (χ3n) is 5.28. The molecule has 10 nitrogen and oxygen atoms in total. The van der Waals surface area contributed by atoms with Gasteiger partial charge in [0.05, 0.1) is 19.6 Å². The molecule has 184 valence electrons. The Balaban J connectivity index is 0.00000512. The highest BCUT2D eigenvalue weighted by atomic mass is 127. The summed E-state index contributed by atoms with van der Waals surface area (Å²) in [4.78, 5) is 45.5. The molecule has 0 aromatic rings. The van der Waals surface area contributed by atoms with Gasteiger partial charge in [0.15, 0.2) is 5.96 Å². The number of ether oxygens (including phenoxy) is 1. The zero-order valence-electron chi connectivity index (χ0n) is 20.0. The summed E-state index contributed by atoms with van der Waals surface area (Å²) in [5, 5.41) is 5.82. The van der Waals surface area contributed by atoms with Gasteiger partial charge in [0.1, 0.15) is 5.60 Å². The van der Waals surface area contributed by atoms with Crippen LogP contribution < -0.4 is 10.6 Å². The summed E-state index contributed by atoms with van der Waals surface area (Å²) in [6.45, 7) is 14.1. The molecule has 0 aromatic heterocycles. The molecular formula is C21H39IN6O4. The lowest BCUT2D eigenvalue weighted by atomic mass is 9.96. The van der Waals surface area contributed by atoms with Gasteiger partial charge in [0, 0.05) is 32.7 Å². The Morgan fingerprint density at radius 2 is 1.91 bits per heavy atom. The number of nitrogens with zero attached hydrogens (tertiary/aromatic N) is 4. The minimum atomic E-state index is -0.495. The molecule has 32 heavy (non-hydrogen) atoms. The third-order valence-corrected chi connectivity index (χ3v) is 5.28. The first kappa shape index (κ1) is 28.2. The van der Waals surface area contributed by atoms with Crippen LogP contribution in [0, 0.1) is 5.92 Å². The lowest BCUT2D eigenvalue weighted by Crippen LogP contribution is -2.48. The van der Waals surface area contributed by atoms with E-state index in [9.17, 15) is 14.4 Å². The average Bonchev–Trinajstić information content (AvgIpc) is 3.02. The van der Waals surface area contributed by atoms with Gasteiger partial charge in [-0.3, -0.25) is 14.7 Å². The number of hydrogen-bond acceptors (Lipinski definition) is 5. The van der Waals surface area contributed by atoms with Crippen molar-refractivity contribution in [3.05, 3.63) is 0 Å². The van der Waals surface area contributed by atoms with E-state index < -0.39 is 5.60 Å². The zero-order valence-corrected chi connectivity index (χ0v) is 22.3. The second-order valence-corrected chi connectivity index (χ2v) is 8.89. The smallest absolute Gasteiger partial charge is 0.410 e. The third kappa shape index (κ3) is 8.62. The van der Waals surface area contributed by atoms with Crippen molar-refractivity contribution < 1.29 is 19.1 Å². The van der Waals surface area contributed by atoms with Crippen LogP contribution in [0.3, 0.4) is 0 Å². The van der Waals surface area contributed by atoms with Crippen LogP contribution >= 0.6 is 24.0 Å². The number of halogens is 1. The average molecular weight is 566 g/mol. The van der Waals surface area contributed by atoms with Crippen LogP contribution in [-0.2, 0) is 9.53 Å². The van der Waals surface area contributed by atoms with Crippen LogP contribution in [-0.4, -0.2) is 96.6 Å². The fraction of sp³-hybridized carbons (Fsp3) is 0.810. The number of imide groups is 1. The van der Waals surface area contributed by atoms with Crippen molar-refractivity contribution in [2.75, 3.05) is 52.4 Å². The molecule has 11 heteroatoms. The normalized spacial score (nSPS) is 17.7. The Hall–Kier alpha value is -1.79. The monoisotopic (exact) mass is 566 g/mol. The molecule has 0 aliphatic carbocycles. The minimum Gasteiger partial charge on any atom is -0.444 e. The summed E-state index contributed by atoms with van der Waals surface area (Å²) in [7, 11) is 0. The van der Waals surface area contributed by atoms with E-state index in [2.05, 4.69) is 20.5 Å². The first-order valence-corrected chi connectivity index (χ1v) is 11.2. The van der Waals surface area contributed by atoms with Crippen molar-refractivity contribution in [2.45, 2.75) is 53.1 Å². The number of guanidine groups is 1. The number of aliphatic imine (C=N–C) groups is 1. The molecule has 0 bridgehead atoms. The number of urea groups is 1. The second kappa shape index (κ2) is 13.0. The maximum atomic E-state index is 12.4. The van der Waals surface area contributed by atoms with Crippen molar-refractivity contribution in [3.63, 3.8) is 0 Å². The molecule has 2 rings (SSSR count). The summed E-state index contributed by atoms with van der Waals surface area (Å²) in [5.74, 6) is 1.00. The fourth-order valence-electron chi connectivity index (χ4n) is 3.66. The van der Waals surface area contributed by atoms with Crippen molar-refractivity contribution in [3.8, 4) is 0 Å². The lowest BCUT2D eigenvalue weighted by Gasteiger charge is -2.36. The zero-order chi connectivity index (χ0) is 23.0. The summed E-state index contributed by atoms with van der Waals surface area (Å²) in [6.07, 6.45) is 1.65. The summed E-state index contributed by atoms with van der Waals surface area (Å²) in [6, 6.07) is -0.350. The van der Waals surface area contributed by atoms with E-state index in [0.717, 1.165) is 38.4 Å². The van der Waals surface area contributed by atoms with E-state index in [4.69, 9.17) is 4.74 Å². The Kier molecular flexibility index (Phi) is 11.5. The number of piperidine rings is 1. The van der Waals surface area contributed by atoms with Gasteiger partial charge in [0.2, 0.25) is 5.91 Å². The van der Waals surface area contributed by atoms with Crippen molar-refractivity contribution in [2.24, 2.45) is 10.9 Å². The highest BCUT2D eigenvalue weighted by Crippen LogP contribution is 2.20. The number of likely N-dealkylation sites (tertiary alicyclic amines) is 1. The molecule has 2 aliphatic rings. The van der Waals surface area contributed by atoms with Gasteiger partial charge in [-0.15, -0.1) is 24.0 Å². The van der Waals surface area contributed by atoms with E-state index >= 15 is 0 Å². The number of amides is 4. The molecule has 0 unspecified atom stereocenters. The second-order valence-electron chi connectivity index (χ2n) is 8.89. The predicted octanol–water partition coefficient (Wildman–Crippen LogP) is 2.09. The van der Waals surface area contributed by atoms with E-state index in [1.54, 1.807) is 4.90 Å². The Morgan fingerprint density at radius 3 is 2.41 bits per heavy atom. The van der Waals surface area contributed by atoms with Crippen LogP contribution in [0.1, 0.15) is 47.5 Å². The standard InChI is InChI=1S/C21H38N6O4.HI/c1-6-22-18(23-10-13-27-17(28)14-24-19(27)29)26-11-8-16(9-12-26)15-25(7-2)20(30)31-21(3,4)5;/h16H,6-15H2,1-5H3,(H,22,23)(H,24,29);1H. The first-order chi connectivity index (χ1) is 14.6. The summed E-state index contributed by atoms with van der Waals surface area (Å²) < 4.78 is 5.52. The summed E-state index contributed by atoms with van der Waals surface area (Å²) >= 11 is 0. The number of carbonyl (C=O) groups is 3. The SMILES string of the molecule is CCNC(=NCCN1C(=O)CNC1=O)N1CCC(CN(CC)C(=O)OC(C)(C)C)CC1.I. The van der Waals surface area contributed by atoms with Crippen molar-refractivity contribution in [1.82, 2.24) is 25.3 Å². The Bertz CT molecular complexity index is 658. The van der Waals surface area contributed by atoms with Crippen LogP contribution in [0.25, 0.3) is 0 Å². The largest absolute Gasteiger partial charge is 0.444 e. The number of rotatable bonds is 7. The molecule has 2 heterocycles. The van der Waals surface area contributed by atoms with Gasteiger partial charge < -0.3 is 25.2 Å². The minimum absolute atomic E-state index is 0. The van der Waals surface area contributed by atoms with Crippen LogP contribution in [0.5, 0.6) is 0 Å².